The first-order valence-electron chi connectivity index (χ1n) is 6.98. The van der Waals surface area contributed by atoms with E-state index in [1.54, 1.807) is 11.8 Å². The van der Waals surface area contributed by atoms with Crippen molar-refractivity contribution in [2.75, 3.05) is 11.6 Å². The summed E-state index contributed by atoms with van der Waals surface area (Å²) in [5.41, 5.74) is 0. The highest BCUT2D eigenvalue weighted by molar-refractivity contribution is 7.99. The van der Waals surface area contributed by atoms with E-state index >= 15 is 0 Å². The molecule has 0 aliphatic carbocycles. The van der Waals surface area contributed by atoms with E-state index in [-0.39, 0.29) is 5.88 Å². The number of aliphatic hydroxyl groups is 1. The molecular formula is C17H21ClO2S. The fourth-order valence-corrected chi connectivity index (χ4v) is 2.54. The molecule has 0 saturated carbocycles. The van der Waals surface area contributed by atoms with Gasteiger partial charge in [0.2, 0.25) is 0 Å². The van der Waals surface area contributed by atoms with Crippen LogP contribution in [0.1, 0.15) is 13.8 Å². The maximum absolute atomic E-state index is 9.39. The first-order chi connectivity index (χ1) is 10.3. The standard InChI is InChI=1S/C15H15ClO2S.C2H6/c16-10-12(17)11-19-15-8-6-14(7-9-15)18-13-4-2-1-3-5-13;1-2/h1-9,12,17H,10-11H2;1-2H3. The molecule has 21 heavy (non-hydrogen) atoms. The molecular weight excluding hydrogens is 304 g/mol. The Morgan fingerprint density at radius 2 is 1.57 bits per heavy atom. The third kappa shape index (κ3) is 6.89. The summed E-state index contributed by atoms with van der Waals surface area (Å²) in [6.45, 7) is 4.00. The molecule has 4 heteroatoms. The average molecular weight is 325 g/mol. The third-order valence-corrected chi connectivity index (χ3v) is 3.94. The van der Waals surface area contributed by atoms with Crippen molar-refractivity contribution in [3.05, 3.63) is 54.6 Å². The van der Waals surface area contributed by atoms with E-state index in [1.807, 2.05) is 68.4 Å². The fourth-order valence-electron chi connectivity index (χ4n) is 1.47. The summed E-state index contributed by atoms with van der Waals surface area (Å²) in [4.78, 5) is 1.09. The Balaban J connectivity index is 0.00000106. The van der Waals surface area contributed by atoms with E-state index in [2.05, 4.69) is 0 Å². The number of halogens is 1. The highest BCUT2D eigenvalue weighted by Gasteiger charge is 2.03. The summed E-state index contributed by atoms with van der Waals surface area (Å²) in [5, 5.41) is 9.39. The first-order valence-corrected chi connectivity index (χ1v) is 8.50. The zero-order chi connectivity index (χ0) is 15.5. The maximum atomic E-state index is 9.39. The zero-order valence-corrected chi connectivity index (χ0v) is 13.9. The molecule has 2 nitrogen and oxygen atoms in total. The van der Waals surface area contributed by atoms with Gasteiger partial charge in [-0.25, -0.2) is 0 Å². The lowest BCUT2D eigenvalue weighted by atomic mass is 10.3. The van der Waals surface area contributed by atoms with Crippen LogP contribution in [0.15, 0.2) is 59.5 Å². The number of hydrogen-bond donors (Lipinski definition) is 1. The minimum Gasteiger partial charge on any atom is -0.457 e. The second-order valence-electron chi connectivity index (χ2n) is 4.01. The number of thioether (sulfide) groups is 1. The number of aliphatic hydroxyl groups excluding tert-OH is 1. The number of alkyl halides is 1. The van der Waals surface area contributed by atoms with Crippen molar-refractivity contribution in [3.63, 3.8) is 0 Å². The monoisotopic (exact) mass is 324 g/mol. The largest absolute Gasteiger partial charge is 0.457 e. The van der Waals surface area contributed by atoms with Crippen molar-refractivity contribution in [1.82, 2.24) is 0 Å². The normalized spacial score (nSPS) is 11.2. The molecule has 0 spiro atoms. The Bertz CT molecular complexity index is 488. The number of ether oxygens (including phenoxy) is 1. The lowest BCUT2D eigenvalue weighted by Crippen LogP contribution is -2.10. The van der Waals surface area contributed by atoms with E-state index in [0.29, 0.717) is 5.75 Å². The second kappa shape index (κ2) is 10.6. The van der Waals surface area contributed by atoms with Gasteiger partial charge in [-0.1, -0.05) is 32.0 Å². The van der Waals surface area contributed by atoms with Gasteiger partial charge in [-0.05, 0) is 36.4 Å². The Morgan fingerprint density at radius 1 is 1.00 bits per heavy atom. The summed E-state index contributed by atoms with van der Waals surface area (Å²) in [6, 6.07) is 17.5. The summed E-state index contributed by atoms with van der Waals surface area (Å²) in [7, 11) is 0. The van der Waals surface area contributed by atoms with Crippen LogP contribution in [0.4, 0.5) is 0 Å². The molecule has 0 heterocycles. The van der Waals surface area contributed by atoms with E-state index in [4.69, 9.17) is 16.3 Å². The molecule has 0 radical (unpaired) electrons. The van der Waals surface area contributed by atoms with Crippen molar-refractivity contribution in [2.24, 2.45) is 0 Å². The van der Waals surface area contributed by atoms with Crippen molar-refractivity contribution < 1.29 is 9.84 Å². The summed E-state index contributed by atoms with van der Waals surface area (Å²) < 4.78 is 5.70. The zero-order valence-electron chi connectivity index (χ0n) is 12.3. The highest BCUT2D eigenvalue weighted by Crippen LogP contribution is 2.25. The van der Waals surface area contributed by atoms with E-state index in [0.717, 1.165) is 16.4 Å². The maximum Gasteiger partial charge on any atom is 0.127 e. The topological polar surface area (TPSA) is 29.5 Å². The van der Waals surface area contributed by atoms with Crippen LogP contribution in [0.3, 0.4) is 0 Å². The quantitative estimate of drug-likeness (QED) is 0.585. The van der Waals surface area contributed by atoms with Gasteiger partial charge in [0.1, 0.15) is 11.5 Å². The molecule has 1 unspecified atom stereocenters. The van der Waals surface area contributed by atoms with E-state index < -0.39 is 6.10 Å². The van der Waals surface area contributed by atoms with Gasteiger partial charge >= 0.3 is 0 Å². The third-order valence-electron chi connectivity index (χ3n) is 2.42. The van der Waals surface area contributed by atoms with Crippen LogP contribution in [0.25, 0.3) is 0 Å². The molecule has 1 atom stereocenters. The molecule has 0 aromatic heterocycles. The fraction of sp³-hybridized carbons (Fsp3) is 0.294. The van der Waals surface area contributed by atoms with Gasteiger partial charge in [0.05, 0.1) is 6.10 Å². The Kier molecular flexibility index (Phi) is 8.99. The summed E-state index contributed by atoms with van der Waals surface area (Å²) >= 11 is 7.13. The molecule has 2 aromatic carbocycles. The van der Waals surface area contributed by atoms with Crippen LogP contribution in [0, 0.1) is 0 Å². The minimum absolute atomic E-state index is 0.266. The first kappa shape index (κ1) is 17.9. The van der Waals surface area contributed by atoms with Gasteiger partial charge in [0.15, 0.2) is 0 Å². The molecule has 1 N–H and O–H groups in total. The number of hydrogen-bond acceptors (Lipinski definition) is 3. The number of benzene rings is 2. The predicted octanol–water partition coefficient (Wildman–Crippen LogP) is 5.20. The predicted molar refractivity (Wildman–Crippen MR) is 91.8 cm³/mol. The lowest BCUT2D eigenvalue weighted by Gasteiger charge is -2.08. The van der Waals surface area contributed by atoms with E-state index in [1.165, 1.54) is 0 Å². The minimum atomic E-state index is -0.466. The van der Waals surface area contributed by atoms with Gasteiger partial charge in [-0.2, -0.15) is 0 Å². The van der Waals surface area contributed by atoms with Crippen LogP contribution >= 0.6 is 23.4 Å². The second-order valence-corrected chi connectivity index (χ2v) is 5.41. The van der Waals surface area contributed by atoms with Crippen LogP contribution in [-0.4, -0.2) is 22.8 Å². The smallest absolute Gasteiger partial charge is 0.127 e. The summed E-state index contributed by atoms with van der Waals surface area (Å²) in [6.07, 6.45) is -0.466. The summed E-state index contributed by atoms with van der Waals surface area (Å²) in [5.74, 6) is 2.49. The molecule has 0 bridgehead atoms. The van der Waals surface area contributed by atoms with Gasteiger partial charge < -0.3 is 9.84 Å². The van der Waals surface area contributed by atoms with Gasteiger partial charge in [-0.15, -0.1) is 23.4 Å². The number of para-hydroxylation sites is 1. The van der Waals surface area contributed by atoms with Crippen molar-refractivity contribution in [2.45, 2.75) is 24.8 Å². The Morgan fingerprint density at radius 3 is 2.14 bits per heavy atom. The van der Waals surface area contributed by atoms with Gasteiger partial charge in [-0.3, -0.25) is 0 Å². The highest BCUT2D eigenvalue weighted by atomic mass is 35.5. The Hall–Kier alpha value is -1.16. The van der Waals surface area contributed by atoms with Crippen molar-refractivity contribution in [3.8, 4) is 11.5 Å². The molecule has 0 aliphatic rings. The molecule has 0 saturated heterocycles. The molecule has 2 rings (SSSR count). The molecule has 0 fully saturated rings. The van der Waals surface area contributed by atoms with Crippen molar-refractivity contribution >= 4 is 23.4 Å². The van der Waals surface area contributed by atoms with Gasteiger partial charge in [0, 0.05) is 16.5 Å². The van der Waals surface area contributed by atoms with E-state index in [9.17, 15) is 5.11 Å². The lowest BCUT2D eigenvalue weighted by molar-refractivity contribution is 0.223. The Labute approximate surface area is 136 Å². The molecule has 2 aromatic rings. The van der Waals surface area contributed by atoms with Crippen LogP contribution in [-0.2, 0) is 0 Å². The molecule has 0 amide bonds. The SMILES string of the molecule is CC.OC(CCl)CSc1ccc(Oc2ccccc2)cc1. The molecule has 114 valence electrons. The van der Waals surface area contributed by atoms with Crippen LogP contribution in [0.2, 0.25) is 0 Å². The van der Waals surface area contributed by atoms with Crippen molar-refractivity contribution in [1.29, 1.82) is 0 Å². The molecule has 0 aliphatic heterocycles. The number of rotatable bonds is 6. The van der Waals surface area contributed by atoms with Gasteiger partial charge in [0.25, 0.3) is 0 Å². The van der Waals surface area contributed by atoms with Crippen LogP contribution in [0.5, 0.6) is 11.5 Å². The average Bonchev–Trinajstić information content (AvgIpc) is 2.56. The van der Waals surface area contributed by atoms with Crippen LogP contribution < -0.4 is 4.74 Å².